The summed E-state index contributed by atoms with van der Waals surface area (Å²) in [4.78, 5) is 14.2. The lowest BCUT2D eigenvalue weighted by molar-refractivity contribution is -0.145. The number of carboxylic acid groups (broad SMARTS) is 1. The molecular formula is C16H32N2O2. The smallest absolute Gasteiger partial charge is 0.323 e. The molecule has 0 aliphatic carbocycles. The number of hydrogen-bond donors (Lipinski definition) is 2. The van der Waals surface area contributed by atoms with Crippen LogP contribution in [-0.2, 0) is 4.79 Å². The average Bonchev–Trinajstić information content (AvgIpc) is 2.77. The van der Waals surface area contributed by atoms with Crippen LogP contribution in [-0.4, -0.2) is 46.2 Å². The standard InChI is InChI=1S/C16H32N2O2/c1-6-10-17-16(5,15(19)20)11-13(4)18-12(3)8-9-14(18)7-2/h12-14,17H,6-11H2,1-5H3,(H,19,20). The van der Waals surface area contributed by atoms with Crippen LogP contribution in [0.1, 0.15) is 66.7 Å². The van der Waals surface area contributed by atoms with Gasteiger partial charge in [0.1, 0.15) is 5.54 Å². The van der Waals surface area contributed by atoms with Crippen molar-refractivity contribution < 1.29 is 9.90 Å². The van der Waals surface area contributed by atoms with Gasteiger partial charge in [0.05, 0.1) is 0 Å². The van der Waals surface area contributed by atoms with Crippen LogP contribution in [0.5, 0.6) is 0 Å². The molecule has 0 spiro atoms. The molecule has 1 aliphatic rings. The molecule has 1 heterocycles. The first kappa shape index (κ1) is 17.4. The highest BCUT2D eigenvalue weighted by Crippen LogP contribution is 2.31. The second kappa shape index (κ2) is 7.41. The van der Waals surface area contributed by atoms with E-state index < -0.39 is 11.5 Å². The Labute approximate surface area is 123 Å². The molecule has 0 aromatic rings. The van der Waals surface area contributed by atoms with E-state index in [1.165, 1.54) is 12.8 Å². The first-order valence-electron chi connectivity index (χ1n) is 8.11. The molecule has 20 heavy (non-hydrogen) atoms. The molecule has 0 aromatic carbocycles. The molecule has 1 aliphatic heterocycles. The maximum Gasteiger partial charge on any atom is 0.323 e. The van der Waals surface area contributed by atoms with E-state index in [9.17, 15) is 9.90 Å². The van der Waals surface area contributed by atoms with Crippen LogP contribution >= 0.6 is 0 Å². The van der Waals surface area contributed by atoms with Gasteiger partial charge in [-0.05, 0) is 59.4 Å². The maximum absolute atomic E-state index is 11.6. The van der Waals surface area contributed by atoms with E-state index in [4.69, 9.17) is 0 Å². The van der Waals surface area contributed by atoms with Gasteiger partial charge in [-0.1, -0.05) is 13.8 Å². The Morgan fingerprint density at radius 1 is 1.45 bits per heavy atom. The molecule has 1 fully saturated rings. The molecule has 2 N–H and O–H groups in total. The van der Waals surface area contributed by atoms with Crippen LogP contribution in [0, 0.1) is 0 Å². The minimum Gasteiger partial charge on any atom is -0.480 e. The van der Waals surface area contributed by atoms with Crippen LogP contribution in [0.25, 0.3) is 0 Å². The lowest BCUT2D eigenvalue weighted by Crippen LogP contribution is -2.55. The Morgan fingerprint density at radius 3 is 2.60 bits per heavy atom. The fourth-order valence-electron chi connectivity index (χ4n) is 3.63. The summed E-state index contributed by atoms with van der Waals surface area (Å²) in [6.07, 6.45) is 5.24. The minimum absolute atomic E-state index is 0.294. The molecule has 4 atom stereocenters. The van der Waals surface area contributed by atoms with E-state index in [1.807, 2.05) is 6.92 Å². The third-order valence-electron chi connectivity index (χ3n) is 4.77. The molecule has 1 rings (SSSR count). The van der Waals surface area contributed by atoms with Gasteiger partial charge in [-0.3, -0.25) is 9.69 Å². The van der Waals surface area contributed by atoms with Crippen molar-refractivity contribution in [2.24, 2.45) is 0 Å². The Kier molecular flexibility index (Phi) is 6.46. The lowest BCUT2D eigenvalue weighted by Gasteiger charge is -2.38. The Morgan fingerprint density at radius 2 is 2.10 bits per heavy atom. The normalized spacial score (nSPS) is 28.2. The molecule has 118 valence electrons. The van der Waals surface area contributed by atoms with Gasteiger partial charge in [-0.2, -0.15) is 0 Å². The number of hydrogen-bond acceptors (Lipinski definition) is 3. The van der Waals surface area contributed by atoms with Gasteiger partial charge in [-0.15, -0.1) is 0 Å². The number of likely N-dealkylation sites (tertiary alicyclic amines) is 1. The van der Waals surface area contributed by atoms with Gasteiger partial charge in [0.25, 0.3) is 0 Å². The van der Waals surface area contributed by atoms with Crippen LogP contribution in [0.3, 0.4) is 0 Å². The highest BCUT2D eigenvalue weighted by Gasteiger charge is 2.39. The number of aliphatic carboxylic acids is 1. The van der Waals surface area contributed by atoms with E-state index in [2.05, 4.69) is 37.9 Å². The van der Waals surface area contributed by atoms with Crippen LogP contribution in [0.15, 0.2) is 0 Å². The summed E-state index contributed by atoms with van der Waals surface area (Å²) >= 11 is 0. The van der Waals surface area contributed by atoms with Crippen molar-refractivity contribution in [2.75, 3.05) is 6.54 Å². The molecule has 0 bridgehead atoms. The Hall–Kier alpha value is -0.610. The Bertz CT molecular complexity index is 322. The zero-order valence-corrected chi connectivity index (χ0v) is 13.8. The summed E-state index contributed by atoms with van der Waals surface area (Å²) in [5.41, 5.74) is -0.823. The minimum atomic E-state index is -0.823. The highest BCUT2D eigenvalue weighted by molar-refractivity contribution is 5.78. The summed E-state index contributed by atoms with van der Waals surface area (Å²) < 4.78 is 0. The predicted octanol–water partition coefficient (Wildman–Crippen LogP) is 2.87. The first-order chi connectivity index (χ1) is 9.35. The van der Waals surface area contributed by atoms with E-state index in [1.54, 1.807) is 0 Å². The molecule has 0 radical (unpaired) electrons. The molecular weight excluding hydrogens is 252 g/mol. The third-order valence-corrected chi connectivity index (χ3v) is 4.77. The largest absolute Gasteiger partial charge is 0.480 e. The summed E-state index contributed by atoms with van der Waals surface area (Å²) in [6.45, 7) is 11.3. The SMILES string of the molecule is CCCNC(C)(CC(C)N1C(C)CCC1CC)C(=O)O. The van der Waals surface area contributed by atoms with Gasteiger partial charge in [0.2, 0.25) is 0 Å². The number of nitrogens with one attached hydrogen (secondary N) is 1. The first-order valence-corrected chi connectivity index (χ1v) is 8.11. The third kappa shape index (κ3) is 3.95. The van der Waals surface area contributed by atoms with Gasteiger partial charge < -0.3 is 10.4 Å². The molecule has 4 unspecified atom stereocenters. The van der Waals surface area contributed by atoms with Gasteiger partial charge in [-0.25, -0.2) is 0 Å². The van der Waals surface area contributed by atoms with Crippen LogP contribution in [0.2, 0.25) is 0 Å². The van der Waals surface area contributed by atoms with Gasteiger partial charge in [0.15, 0.2) is 0 Å². The quantitative estimate of drug-likeness (QED) is 0.719. The molecule has 0 aromatic heterocycles. The van der Waals surface area contributed by atoms with Crippen LogP contribution in [0.4, 0.5) is 0 Å². The number of nitrogens with zero attached hydrogens (tertiary/aromatic N) is 1. The topological polar surface area (TPSA) is 52.6 Å². The molecule has 4 heteroatoms. The van der Waals surface area contributed by atoms with Crippen LogP contribution < -0.4 is 5.32 Å². The van der Waals surface area contributed by atoms with E-state index in [-0.39, 0.29) is 0 Å². The second-order valence-electron chi connectivity index (χ2n) is 6.55. The average molecular weight is 284 g/mol. The van der Waals surface area contributed by atoms with Gasteiger partial charge >= 0.3 is 5.97 Å². The van der Waals surface area contributed by atoms with Gasteiger partial charge in [0, 0.05) is 18.1 Å². The molecule has 1 saturated heterocycles. The summed E-state index contributed by atoms with van der Waals surface area (Å²) in [5, 5.41) is 12.8. The van der Waals surface area contributed by atoms with Crippen molar-refractivity contribution in [3.8, 4) is 0 Å². The predicted molar refractivity (Wildman–Crippen MR) is 83.0 cm³/mol. The van der Waals surface area contributed by atoms with E-state index >= 15 is 0 Å². The fraction of sp³-hybridized carbons (Fsp3) is 0.938. The molecule has 0 saturated carbocycles. The molecule has 4 nitrogen and oxygen atoms in total. The van der Waals surface area contributed by atoms with Crippen molar-refractivity contribution in [2.45, 2.75) is 90.4 Å². The van der Waals surface area contributed by atoms with Crippen molar-refractivity contribution in [1.29, 1.82) is 0 Å². The van der Waals surface area contributed by atoms with Crippen molar-refractivity contribution in [3.63, 3.8) is 0 Å². The number of rotatable bonds is 8. The second-order valence-corrected chi connectivity index (χ2v) is 6.55. The van der Waals surface area contributed by atoms with Crippen molar-refractivity contribution in [3.05, 3.63) is 0 Å². The Balaban J connectivity index is 2.74. The summed E-state index contributed by atoms with van der Waals surface area (Å²) in [5.74, 6) is -0.738. The number of carboxylic acids is 1. The van der Waals surface area contributed by atoms with E-state index in [0.717, 1.165) is 19.4 Å². The summed E-state index contributed by atoms with van der Waals surface area (Å²) in [6, 6.07) is 1.48. The zero-order chi connectivity index (χ0) is 15.3. The molecule has 0 amide bonds. The monoisotopic (exact) mass is 284 g/mol. The lowest BCUT2D eigenvalue weighted by atomic mass is 9.92. The van der Waals surface area contributed by atoms with Crippen molar-refractivity contribution >= 4 is 5.97 Å². The van der Waals surface area contributed by atoms with Crippen molar-refractivity contribution in [1.82, 2.24) is 10.2 Å². The maximum atomic E-state index is 11.6. The highest BCUT2D eigenvalue weighted by atomic mass is 16.4. The summed E-state index contributed by atoms with van der Waals surface area (Å²) in [7, 11) is 0. The number of carbonyl (C=O) groups is 1. The zero-order valence-electron chi connectivity index (χ0n) is 13.8. The van der Waals surface area contributed by atoms with E-state index in [0.29, 0.717) is 24.5 Å². The fourth-order valence-corrected chi connectivity index (χ4v) is 3.63.